The molecule has 1 aliphatic heterocycles. The molecule has 4 heteroatoms. The van der Waals surface area contributed by atoms with Crippen molar-refractivity contribution >= 4 is 11.9 Å². The summed E-state index contributed by atoms with van der Waals surface area (Å²) in [5.41, 5.74) is 12.6. The zero-order chi connectivity index (χ0) is 20.4. The van der Waals surface area contributed by atoms with Gasteiger partial charge in [0.2, 0.25) is 5.88 Å². The Morgan fingerprint density at radius 1 is 1.03 bits per heavy atom. The van der Waals surface area contributed by atoms with Crippen molar-refractivity contribution in [3.8, 4) is 11.8 Å². The van der Waals surface area contributed by atoms with Crippen molar-refractivity contribution in [3.63, 3.8) is 0 Å². The van der Waals surface area contributed by atoms with E-state index in [1.165, 1.54) is 5.56 Å². The molecule has 1 heterocycles. The van der Waals surface area contributed by atoms with E-state index in [1.54, 1.807) is 0 Å². The first-order valence-electron chi connectivity index (χ1n) is 9.44. The first kappa shape index (κ1) is 18.5. The molecule has 3 aromatic rings. The number of aryl methyl sites for hydroxylation is 2. The van der Waals surface area contributed by atoms with Gasteiger partial charge in [0, 0.05) is 11.8 Å². The van der Waals surface area contributed by atoms with Gasteiger partial charge in [-0.1, -0.05) is 48.0 Å². The summed E-state index contributed by atoms with van der Waals surface area (Å²) in [5, 5.41) is 9.70. The molecular formula is C25H21N3O. The zero-order valence-corrected chi connectivity index (χ0v) is 16.4. The summed E-state index contributed by atoms with van der Waals surface area (Å²) >= 11 is 0. The van der Waals surface area contributed by atoms with E-state index in [2.05, 4.69) is 37.0 Å². The first-order chi connectivity index (χ1) is 14.1. The van der Waals surface area contributed by atoms with E-state index >= 15 is 0 Å². The summed E-state index contributed by atoms with van der Waals surface area (Å²) in [6.45, 7) is 4.12. The van der Waals surface area contributed by atoms with Crippen molar-refractivity contribution in [3.05, 3.63) is 106 Å². The third-order valence-corrected chi connectivity index (χ3v) is 5.08. The van der Waals surface area contributed by atoms with E-state index in [9.17, 15) is 5.26 Å². The Labute approximate surface area is 170 Å². The molecule has 0 saturated carbocycles. The Hall–Kier alpha value is -3.84. The quantitative estimate of drug-likeness (QED) is 0.630. The number of allylic oxidation sites excluding steroid dienone is 1. The van der Waals surface area contributed by atoms with Crippen LogP contribution < -0.4 is 10.5 Å². The van der Waals surface area contributed by atoms with Gasteiger partial charge in [-0.2, -0.15) is 5.26 Å². The molecule has 0 radical (unpaired) electrons. The Balaban J connectivity index is 1.76. The van der Waals surface area contributed by atoms with Crippen molar-refractivity contribution in [2.75, 3.05) is 0 Å². The maximum Gasteiger partial charge on any atom is 0.205 e. The minimum atomic E-state index is -0.264. The highest BCUT2D eigenvalue weighted by molar-refractivity contribution is 5.83. The van der Waals surface area contributed by atoms with Crippen LogP contribution in [0.25, 0.3) is 0 Å². The summed E-state index contributed by atoms with van der Waals surface area (Å²) in [6.07, 6.45) is 1.84. The van der Waals surface area contributed by atoms with Gasteiger partial charge >= 0.3 is 0 Å². The predicted molar refractivity (Wildman–Crippen MR) is 115 cm³/mol. The summed E-state index contributed by atoms with van der Waals surface area (Å²) in [4.78, 5) is 4.65. The van der Waals surface area contributed by atoms with E-state index in [1.807, 2.05) is 60.8 Å². The molecule has 0 aromatic heterocycles. The molecule has 1 unspecified atom stereocenters. The Morgan fingerprint density at radius 3 is 2.55 bits per heavy atom. The van der Waals surface area contributed by atoms with Crippen LogP contribution in [0.3, 0.4) is 0 Å². The Kier molecular flexibility index (Phi) is 4.88. The first-order valence-corrected chi connectivity index (χ1v) is 9.44. The van der Waals surface area contributed by atoms with Crippen LogP contribution in [0, 0.1) is 25.2 Å². The molecule has 4 rings (SSSR count). The molecule has 142 valence electrons. The number of ether oxygens (including phenoxy) is 1. The molecule has 29 heavy (non-hydrogen) atoms. The minimum absolute atomic E-state index is 0.158. The maximum atomic E-state index is 9.70. The normalized spacial score (nSPS) is 15.7. The second-order valence-corrected chi connectivity index (χ2v) is 7.18. The molecule has 2 N–H and O–H groups in total. The lowest BCUT2D eigenvalue weighted by atomic mass is 9.83. The van der Waals surface area contributed by atoms with Crippen LogP contribution in [0.5, 0.6) is 5.75 Å². The average molecular weight is 379 g/mol. The summed E-state index contributed by atoms with van der Waals surface area (Å²) in [5.74, 6) is 0.559. The van der Waals surface area contributed by atoms with Gasteiger partial charge in [-0.15, -0.1) is 0 Å². The van der Waals surface area contributed by atoms with Gasteiger partial charge in [-0.25, -0.2) is 0 Å². The minimum Gasteiger partial charge on any atom is -0.440 e. The molecule has 4 nitrogen and oxygen atoms in total. The van der Waals surface area contributed by atoms with Gasteiger partial charge < -0.3 is 10.5 Å². The standard InChI is InChI=1S/C25H21N3O/c1-16-8-10-22(17(2)12-16)28-15-18-9-11-23-20(13-18)24(19-6-4-3-5-7-19)21(14-26)25(27)29-23/h3-13,15,24H,27H2,1-2H3. The van der Waals surface area contributed by atoms with Crippen molar-refractivity contribution in [2.45, 2.75) is 19.8 Å². The van der Waals surface area contributed by atoms with E-state index in [4.69, 9.17) is 10.5 Å². The number of fused-ring (bicyclic) bond motifs is 1. The van der Waals surface area contributed by atoms with E-state index in [0.717, 1.165) is 27.9 Å². The monoisotopic (exact) mass is 379 g/mol. The van der Waals surface area contributed by atoms with E-state index in [0.29, 0.717) is 11.3 Å². The fourth-order valence-corrected chi connectivity index (χ4v) is 3.64. The number of nitrogens with zero attached hydrogens (tertiary/aromatic N) is 2. The molecule has 3 aromatic carbocycles. The highest BCUT2D eigenvalue weighted by atomic mass is 16.5. The molecule has 0 spiro atoms. The predicted octanol–water partition coefficient (Wildman–Crippen LogP) is 5.27. The Morgan fingerprint density at radius 2 is 1.83 bits per heavy atom. The second-order valence-electron chi connectivity index (χ2n) is 7.18. The van der Waals surface area contributed by atoms with Crippen LogP contribution in [0.4, 0.5) is 5.69 Å². The third-order valence-electron chi connectivity index (χ3n) is 5.08. The van der Waals surface area contributed by atoms with Gasteiger partial charge in [0.25, 0.3) is 0 Å². The molecule has 0 fully saturated rings. The topological polar surface area (TPSA) is 71.4 Å². The molecule has 0 bridgehead atoms. The molecule has 1 atom stereocenters. The number of aliphatic imine (C=N–C) groups is 1. The largest absolute Gasteiger partial charge is 0.440 e. The van der Waals surface area contributed by atoms with Crippen LogP contribution in [0.1, 0.15) is 33.7 Å². The summed E-state index contributed by atoms with van der Waals surface area (Å²) in [7, 11) is 0. The third kappa shape index (κ3) is 3.63. The van der Waals surface area contributed by atoms with Crippen molar-refractivity contribution < 1.29 is 4.74 Å². The Bertz CT molecular complexity index is 1170. The van der Waals surface area contributed by atoms with Crippen LogP contribution in [-0.2, 0) is 0 Å². The van der Waals surface area contributed by atoms with E-state index < -0.39 is 0 Å². The van der Waals surface area contributed by atoms with Gasteiger partial charge in [-0.3, -0.25) is 4.99 Å². The number of benzene rings is 3. The van der Waals surface area contributed by atoms with Crippen molar-refractivity contribution in [2.24, 2.45) is 10.7 Å². The summed E-state index contributed by atoms with van der Waals surface area (Å²) in [6, 6.07) is 24.1. The van der Waals surface area contributed by atoms with Gasteiger partial charge in [0.15, 0.2) is 0 Å². The number of nitrogens with two attached hydrogens (primary N) is 1. The number of nitriles is 1. The zero-order valence-electron chi connectivity index (χ0n) is 16.4. The highest BCUT2D eigenvalue weighted by Gasteiger charge is 2.30. The van der Waals surface area contributed by atoms with Gasteiger partial charge in [-0.05, 0) is 54.8 Å². The van der Waals surface area contributed by atoms with Gasteiger partial charge in [0.05, 0.1) is 11.6 Å². The SMILES string of the molecule is Cc1ccc(N=Cc2ccc3c(c2)C(c2ccccc2)C(C#N)=C(N)O3)c(C)c1. The van der Waals surface area contributed by atoms with Crippen LogP contribution >= 0.6 is 0 Å². The lowest BCUT2D eigenvalue weighted by molar-refractivity contribution is 0.393. The molecule has 0 saturated heterocycles. The number of hydrogen-bond acceptors (Lipinski definition) is 4. The average Bonchev–Trinajstić information content (AvgIpc) is 2.73. The molecule has 1 aliphatic rings. The highest BCUT2D eigenvalue weighted by Crippen LogP contribution is 2.42. The lowest BCUT2D eigenvalue weighted by Crippen LogP contribution is -2.21. The number of hydrogen-bond donors (Lipinski definition) is 1. The second kappa shape index (κ2) is 7.65. The summed E-state index contributed by atoms with van der Waals surface area (Å²) < 4.78 is 5.73. The fraction of sp³-hybridized carbons (Fsp3) is 0.120. The lowest BCUT2D eigenvalue weighted by Gasteiger charge is -2.26. The molecular weight excluding hydrogens is 358 g/mol. The maximum absolute atomic E-state index is 9.70. The van der Waals surface area contributed by atoms with Gasteiger partial charge in [0.1, 0.15) is 17.4 Å². The molecule has 0 aliphatic carbocycles. The van der Waals surface area contributed by atoms with Crippen LogP contribution in [0.15, 0.2) is 83.2 Å². The van der Waals surface area contributed by atoms with E-state index in [-0.39, 0.29) is 11.8 Å². The van der Waals surface area contributed by atoms with Crippen LogP contribution in [-0.4, -0.2) is 6.21 Å². The van der Waals surface area contributed by atoms with Crippen molar-refractivity contribution in [1.29, 1.82) is 5.26 Å². The number of rotatable bonds is 3. The molecule has 0 amide bonds. The smallest absolute Gasteiger partial charge is 0.205 e. The van der Waals surface area contributed by atoms with Crippen LogP contribution in [0.2, 0.25) is 0 Å². The van der Waals surface area contributed by atoms with Crippen molar-refractivity contribution in [1.82, 2.24) is 0 Å². The fourth-order valence-electron chi connectivity index (χ4n) is 3.64.